The van der Waals surface area contributed by atoms with Gasteiger partial charge in [0.1, 0.15) is 5.41 Å². The largest absolute Gasteiger partial charge is 0.468 e. The van der Waals surface area contributed by atoms with Gasteiger partial charge in [0.15, 0.2) is 0 Å². The van der Waals surface area contributed by atoms with Crippen LogP contribution in [0.3, 0.4) is 0 Å². The van der Waals surface area contributed by atoms with E-state index in [0.29, 0.717) is 6.54 Å². The molecule has 2 fully saturated rings. The van der Waals surface area contributed by atoms with Crippen LogP contribution in [0.15, 0.2) is 0 Å². The molecule has 2 heterocycles. The van der Waals surface area contributed by atoms with Crippen molar-refractivity contribution in [2.45, 2.75) is 19.9 Å². The Balaban J connectivity index is 2.01. The summed E-state index contributed by atoms with van der Waals surface area (Å²) in [5.74, 6) is -0.405. The van der Waals surface area contributed by atoms with Crippen LogP contribution < -0.4 is 0 Å². The Morgan fingerprint density at radius 3 is 2.38 bits per heavy atom. The van der Waals surface area contributed by atoms with Crippen LogP contribution in [0.2, 0.25) is 0 Å². The van der Waals surface area contributed by atoms with E-state index in [0.717, 1.165) is 0 Å². The molecule has 0 N–H and O–H groups in total. The smallest absolute Gasteiger partial charge is 0.408 e. The van der Waals surface area contributed by atoms with E-state index in [1.54, 1.807) is 11.6 Å². The zero-order valence-electron chi connectivity index (χ0n) is 9.63. The lowest BCUT2D eigenvalue weighted by Gasteiger charge is -2.34. The topological polar surface area (TPSA) is 64.8 Å². The molecule has 0 saturated carbocycles. The zero-order valence-corrected chi connectivity index (χ0v) is 10.5. The van der Waals surface area contributed by atoms with Crippen LogP contribution in [-0.4, -0.2) is 43.5 Å². The van der Waals surface area contributed by atoms with Crippen LogP contribution in [0.4, 0.5) is 0 Å². The number of rotatable bonds is 2. The summed E-state index contributed by atoms with van der Waals surface area (Å²) in [5.41, 5.74) is -0.859. The summed E-state index contributed by atoms with van der Waals surface area (Å²) in [6, 6.07) is 0.230. The minimum atomic E-state index is -3.13. The van der Waals surface area contributed by atoms with E-state index in [1.165, 1.54) is 7.11 Å². The third kappa shape index (κ3) is 1.91. The van der Waals surface area contributed by atoms with Gasteiger partial charge >= 0.3 is 13.7 Å². The first kappa shape index (κ1) is 12.0. The molecule has 0 aromatic carbocycles. The third-order valence-electron chi connectivity index (χ3n) is 2.91. The maximum absolute atomic E-state index is 12.1. The molecular formula is C9H16NO5P. The van der Waals surface area contributed by atoms with Gasteiger partial charge in [0.2, 0.25) is 0 Å². The van der Waals surface area contributed by atoms with Crippen molar-refractivity contribution in [3.05, 3.63) is 0 Å². The molecule has 2 rings (SSSR count). The van der Waals surface area contributed by atoms with Crippen molar-refractivity contribution in [3.63, 3.8) is 0 Å². The Bertz CT molecular complexity index is 346. The lowest BCUT2D eigenvalue weighted by molar-refractivity contribution is -0.158. The van der Waals surface area contributed by atoms with E-state index < -0.39 is 19.1 Å². The Kier molecular flexibility index (Phi) is 2.87. The van der Waals surface area contributed by atoms with Gasteiger partial charge in [0.25, 0.3) is 0 Å². The Morgan fingerprint density at radius 1 is 1.50 bits per heavy atom. The molecule has 0 aromatic rings. The van der Waals surface area contributed by atoms with E-state index in [-0.39, 0.29) is 19.3 Å². The standard InChI is InChI=1S/C9H16NO5P/c1-7-4-10(7)16(12)14-5-9(2,6-15-16)8(11)13-3/h7H,4-6H2,1-3H3. The van der Waals surface area contributed by atoms with Crippen LogP contribution >= 0.6 is 7.75 Å². The number of esters is 1. The minimum absolute atomic E-state index is 0.0696. The highest BCUT2D eigenvalue weighted by Crippen LogP contribution is 2.61. The van der Waals surface area contributed by atoms with Gasteiger partial charge in [-0.15, -0.1) is 0 Å². The van der Waals surface area contributed by atoms with Crippen LogP contribution in [0, 0.1) is 5.41 Å². The third-order valence-corrected chi connectivity index (χ3v) is 5.01. The van der Waals surface area contributed by atoms with E-state index in [2.05, 4.69) is 4.74 Å². The number of hydrogen-bond donors (Lipinski definition) is 0. The second kappa shape index (κ2) is 3.81. The number of hydrogen-bond acceptors (Lipinski definition) is 5. The fourth-order valence-electron chi connectivity index (χ4n) is 1.60. The second-order valence-electron chi connectivity index (χ2n) is 4.54. The summed E-state index contributed by atoms with van der Waals surface area (Å²) >= 11 is 0. The van der Waals surface area contributed by atoms with Crippen molar-refractivity contribution in [1.82, 2.24) is 4.67 Å². The average Bonchev–Trinajstić information content (AvgIpc) is 3.00. The van der Waals surface area contributed by atoms with Crippen molar-refractivity contribution in [3.8, 4) is 0 Å². The molecule has 2 unspecified atom stereocenters. The van der Waals surface area contributed by atoms with Crippen LogP contribution in [0.5, 0.6) is 0 Å². The number of carbonyl (C=O) groups is 1. The summed E-state index contributed by atoms with van der Waals surface area (Å²) in [6.07, 6.45) is 0. The molecule has 2 aliphatic heterocycles. The van der Waals surface area contributed by atoms with Gasteiger partial charge in [-0.1, -0.05) is 0 Å². The lowest BCUT2D eigenvalue weighted by atomic mass is 9.93. The summed E-state index contributed by atoms with van der Waals surface area (Å²) in [4.78, 5) is 11.5. The Morgan fingerprint density at radius 2 is 2.00 bits per heavy atom. The first-order valence-corrected chi connectivity index (χ1v) is 6.65. The summed E-state index contributed by atoms with van der Waals surface area (Å²) < 4.78 is 29.0. The summed E-state index contributed by atoms with van der Waals surface area (Å²) in [5, 5.41) is 0. The van der Waals surface area contributed by atoms with Gasteiger partial charge in [-0.25, -0.2) is 9.24 Å². The molecule has 7 heteroatoms. The fraction of sp³-hybridized carbons (Fsp3) is 0.889. The molecule has 0 aliphatic carbocycles. The van der Waals surface area contributed by atoms with Crippen molar-refractivity contribution in [2.75, 3.05) is 26.9 Å². The Hall–Kier alpha value is -0.420. The van der Waals surface area contributed by atoms with E-state index in [9.17, 15) is 9.36 Å². The van der Waals surface area contributed by atoms with E-state index in [4.69, 9.17) is 9.05 Å². The number of methoxy groups -OCH3 is 1. The van der Waals surface area contributed by atoms with Gasteiger partial charge < -0.3 is 4.74 Å². The molecule has 92 valence electrons. The molecule has 16 heavy (non-hydrogen) atoms. The number of ether oxygens (including phenoxy) is 1. The van der Waals surface area contributed by atoms with Gasteiger partial charge in [-0.2, -0.15) is 0 Å². The average molecular weight is 249 g/mol. The van der Waals surface area contributed by atoms with Crippen molar-refractivity contribution >= 4 is 13.7 Å². The highest BCUT2D eigenvalue weighted by molar-refractivity contribution is 7.51. The summed E-state index contributed by atoms with van der Waals surface area (Å²) in [7, 11) is -1.82. The predicted octanol–water partition coefficient (Wildman–Crippen LogP) is 1.02. The number of nitrogens with zero attached hydrogens (tertiary/aromatic N) is 1. The van der Waals surface area contributed by atoms with Crippen LogP contribution in [0.1, 0.15) is 13.8 Å². The molecule has 2 atom stereocenters. The molecule has 2 aliphatic rings. The molecule has 0 bridgehead atoms. The van der Waals surface area contributed by atoms with Crippen molar-refractivity contribution in [1.29, 1.82) is 0 Å². The monoisotopic (exact) mass is 249 g/mol. The SMILES string of the molecule is COC(=O)C1(C)COP(=O)(N2CC2C)OC1. The highest BCUT2D eigenvalue weighted by Gasteiger charge is 2.53. The first-order valence-electron chi connectivity index (χ1n) is 5.16. The quantitative estimate of drug-likeness (QED) is 0.413. The van der Waals surface area contributed by atoms with E-state index >= 15 is 0 Å². The van der Waals surface area contributed by atoms with Crippen molar-refractivity contribution < 1.29 is 23.1 Å². The predicted molar refractivity (Wildman–Crippen MR) is 55.8 cm³/mol. The lowest BCUT2D eigenvalue weighted by Crippen LogP contribution is -2.41. The normalized spacial score (nSPS) is 47.4. The minimum Gasteiger partial charge on any atom is -0.468 e. The molecule has 6 nitrogen and oxygen atoms in total. The van der Waals surface area contributed by atoms with Gasteiger partial charge in [0.05, 0.1) is 20.3 Å². The molecule has 0 amide bonds. The maximum Gasteiger partial charge on any atom is 0.408 e. The Labute approximate surface area is 94.4 Å². The molecule has 0 spiro atoms. The molecule has 2 saturated heterocycles. The molecule has 0 radical (unpaired) electrons. The molecular weight excluding hydrogens is 233 g/mol. The zero-order chi connectivity index (χ0) is 12.0. The van der Waals surface area contributed by atoms with Gasteiger partial charge in [-0.3, -0.25) is 13.8 Å². The van der Waals surface area contributed by atoms with Gasteiger partial charge in [0, 0.05) is 12.6 Å². The highest BCUT2D eigenvalue weighted by atomic mass is 31.2. The van der Waals surface area contributed by atoms with Crippen molar-refractivity contribution in [2.24, 2.45) is 5.41 Å². The van der Waals surface area contributed by atoms with Gasteiger partial charge in [-0.05, 0) is 13.8 Å². The van der Waals surface area contributed by atoms with E-state index in [1.807, 2.05) is 6.92 Å². The fourth-order valence-corrected chi connectivity index (χ4v) is 3.79. The van der Waals surface area contributed by atoms with Crippen LogP contribution in [0.25, 0.3) is 0 Å². The summed E-state index contributed by atoms with van der Waals surface area (Å²) in [6.45, 7) is 4.47. The first-order chi connectivity index (χ1) is 7.41. The molecule has 0 aromatic heterocycles. The van der Waals surface area contributed by atoms with Crippen LogP contribution in [-0.2, 0) is 23.1 Å². The number of carbonyl (C=O) groups excluding carboxylic acids is 1. The maximum atomic E-state index is 12.1. The second-order valence-corrected chi connectivity index (χ2v) is 6.51.